The minimum absolute atomic E-state index is 0. The van der Waals surface area contributed by atoms with Crippen molar-refractivity contribution in [2.24, 2.45) is 0 Å². The second-order valence-corrected chi connectivity index (χ2v) is 11.6. The summed E-state index contributed by atoms with van der Waals surface area (Å²) >= 11 is 0. The average molecular weight is 572 g/mol. The van der Waals surface area contributed by atoms with Gasteiger partial charge in [-0.15, -0.1) is 5.10 Å². The molecule has 0 bridgehead atoms. The maximum Gasteiger partial charge on any atom is 0.413 e. The number of carbonyl (C=O) groups is 2. The molecule has 222 valence electrons. The van der Waals surface area contributed by atoms with Crippen molar-refractivity contribution < 1.29 is 19.1 Å². The van der Waals surface area contributed by atoms with E-state index in [-0.39, 0.29) is 19.6 Å². The predicted octanol–water partition coefficient (Wildman–Crippen LogP) is 7.22. The number of amides is 1. The topological polar surface area (TPSA) is 98.1 Å². The van der Waals surface area contributed by atoms with Crippen molar-refractivity contribution in [2.45, 2.75) is 73.0 Å². The van der Waals surface area contributed by atoms with Crippen LogP contribution in [0.25, 0.3) is 5.65 Å². The van der Waals surface area contributed by atoms with Crippen LogP contribution in [0.15, 0.2) is 60.8 Å². The van der Waals surface area contributed by atoms with Crippen molar-refractivity contribution in [3.63, 3.8) is 0 Å². The lowest BCUT2D eigenvalue weighted by molar-refractivity contribution is 0.0635. The highest BCUT2D eigenvalue weighted by atomic mass is 16.6. The van der Waals surface area contributed by atoms with Gasteiger partial charge in [0, 0.05) is 24.6 Å². The Hall–Kier alpha value is -4.24. The summed E-state index contributed by atoms with van der Waals surface area (Å²) < 4.78 is 12.8. The Morgan fingerprint density at radius 1 is 0.976 bits per heavy atom. The molecule has 42 heavy (non-hydrogen) atoms. The van der Waals surface area contributed by atoms with Crippen LogP contribution in [-0.2, 0) is 17.7 Å². The smallest absolute Gasteiger partial charge is 0.413 e. The number of anilines is 1. The van der Waals surface area contributed by atoms with Crippen LogP contribution in [0.4, 0.5) is 10.6 Å². The summed E-state index contributed by atoms with van der Waals surface area (Å²) in [6, 6.07) is 17.1. The van der Waals surface area contributed by atoms with Gasteiger partial charge in [0.15, 0.2) is 17.2 Å². The van der Waals surface area contributed by atoms with Gasteiger partial charge >= 0.3 is 6.09 Å². The fraction of sp³-hybridized carbons (Fsp3) is 0.394. The van der Waals surface area contributed by atoms with Gasteiger partial charge < -0.3 is 9.47 Å². The van der Waals surface area contributed by atoms with E-state index < -0.39 is 11.7 Å². The minimum Gasteiger partial charge on any atom is -0.444 e. The summed E-state index contributed by atoms with van der Waals surface area (Å²) in [6.07, 6.45) is 5.13. The fourth-order valence-corrected chi connectivity index (χ4v) is 4.86. The summed E-state index contributed by atoms with van der Waals surface area (Å²) in [7, 11) is 0. The number of hydrogen-bond donors (Lipinski definition) is 1. The molecule has 0 spiro atoms. The molecule has 5 rings (SSSR count). The molecule has 9 heteroatoms. The lowest BCUT2D eigenvalue weighted by Crippen LogP contribution is -2.29. The molecule has 4 aromatic rings. The maximum absolute atomic E-state index is 13.1. The van der Waals surface area contributed by atoms with E-state index in [1.165, 1.54) is 29.3 Å². The molecule has 1 saturated heterocycles. The van der Waals surface area contributed by atoms with Crippen molar-refractivity contribution in [3.05, 3.63) is 83.0 Å². The molecule has 3 heterocycles. The lowest BCUT2D eigenvalue weighted by Gasteiger charge is -2.26. The Morgan fingerprint density at radius 2 is 1.71 bits per heavy atom. The molecule has 1 N–H and O–H groups in total. The number of imidazole rings is 1. The number of nitrogens with zero attached hydrogens (tertiary/aromatic N) is 4. The number of benzene rings is 2. The normalized spacial score (nSPS) is 13.8. The van der Waals surface area contributed by atoms with E-state index in [0.717, 1.165) is 30.8 Å². The standard InChI is InChI=1S/C32H37N5O4.CH4/c1-22-8-13-26(40-30-15-14-29-33-28(21-37(29)35-30)34-31(39)41-32(2,3)4)18-25(22)19-27(38)24-11-9-23(10-12-24)20-36-16-6-5-7-17-36;/h8-15,18,21H,5-7,16-17,19-20H2,1-4H3,(H,34,39);1H4. The largest absolute Gasteiger partial charge is 0.444 e. The van der Waals surface area contributed by atoms with E-state index in [4.69, 9.17) is 9.47 Å². The van der Waals surface area contributed by atoms with Crippen LogP contribution in [0.2, 0.25) is 0 Å². The third-order valence-corrected chi connectivity index (χ3v) is 6.95. The minimum atomic E-state index is -0.614. The van der Waals surface area contributed by atoms with Gasteiger partial charge in [0.1, 0.15) is 11.4 Å². The second-order valence-electron chi connectivity index (χ2n) is 11.6. The molecule has 2 aromatic heterocycles. The quantitative estimate of drug-likeness (QED) is 0.223. The monoisotopic (exact) mass is 571 g/mol. The Kier molecular flexibility index (Phi) is 9.63. The number of piperidine rings is 1. The molecule has 0 unspecified atom stereocenters. The third-order valence-electron chi connectivity index (χ3n) is 6.95. The number of ether oxygens (including phenoxy) is 2. The molecular weight excluding hydrogens is 530 g/mol. The first-order valence-corrected chi connectivity index (χ1v) is 14.1. The Morgan fingerprint density at radius 3 is 2.43 bits per heavy atom. The summed E-state index contributed by atoms with van der Waals surface area (Å²) in [5.74, 6) is 1.32. The van der Waals surface area contributed by atoms with Gasteiger partial charge in [0.05, 0.1) is 6.20 Å². The first-order valence-electron chi connectivity index (χ1n) is 14.1. The van der Waals surface area contributed by atoms with Crippen molar-refractivity contribution in [1.29, 1.82) is 0 Å². The summed E-state index contributed by atoms with van der Waals surface area (Å²) in [4.78, 5) is 32.0. The van der Waals surface area contributed by atoms with Crippen molar-refractivity contribution >= 4 is 23.3 Å². The van der Waals surface area contributed by atoms with Gasteiger partial charge in [-0.3, -0.25) is 15.0 Å². The van der Waals surface area contributed by atoms with E-state index in [1.54, 1.807) is 39.1 Å². The molecule has 1 aliphatic rings. The number of carbonyl (C=O) groups excluding carboxylic acids is 2. The molecule has 2 aromatic carbocycles. The first-order chi connectivity index (χ1) is 19.6. The number of Topliss-reactive ketones (excluding diaryl/α,β-unsaturated/α-hetero) is 1. The highest BCUT2D eigenvalue weighted by Crippen LogP contribution is 2.25. The van der Waals surface area contributed by atoms with E-state index in [0.29, 0.717) is 28.7 Å². The second kappa shape index (κ2) is 13.2. The van der Waals surface area contributed by atoms with Gasteiger partial charge in [-0.25, -0.2) is 14.3 Å². The van der Waals surface area contributed by atoms with Crippen LogP contribution in [0.5, 0.6) is 11.6 Å². The van der Waals surface area contributed by atoms with E-state index >= 15 is 0 Å². The molecule has 0 radical (unpaired) electrons. The Balaban J connectivity index is 0.00000405. The number of aryl methyl sites for hydroxylation is 1. The maximum atomic E-state index is 13.1. The number of likely N-dealkylation sites (tertiary alicyclic amines) is 1. The van der Waals surface area contributed by atoms with Crippen LogP contribution in [-0.4, -0.2) is 50.1 Å². The zero-order valence-corrected chi connectivity index (χ0v) is 24.1. The Bertz CT molecular complexity index is 1530. The number of fused-ring (bicyclic) bond motifs is 1. The Labute approximate surface area is 247 Å². The predicted molar refractivity (Wildman–Crippen MR) is 164 cm³/mol. The van der Waals surface area contributed by atoms with Crippen LogP contribution < -0.4 is 10.1 Å². The van der Waals surface area contributed by atoms with Gasteiger partial charge in [-0.1, -0.05) is 44.2 Å². The van der Waals surface area contributed by atoms with Crippen LogP contribution >= 0.6 is 0 Å². The van der Waals surface area contributed by atoms with Crippen molar-refractivity contribution in [3.8, 4) is 11.6 Å². The van der Waals surface area contributed by atoms with E-state index in [9.17, 15) is 9.59 Å². The number of rotatable bonds is 8. The summed E-state index contributed by atoms with van der Waals surface area (Å²) in [5, 5.41) is 7.07. The van der Waals surface area contributed by atoms with E-state index in [2.05, 4.69) is 32.4 Å². The molecule has 1 fully saturated rings. The zero-order chi connectivity index (χ0) is 29.0. The average Bonchev–Trinajstić information content (AvgIpc) is 3.31. The molecule has 0 atom stereocenters. The van der Waals surface area contributed by atoms with Crippen LogP contribution in [0, 0.1) is 6.92 Å². The number of ketones is 1. The SMILES string of the molecule is C.Cc1ccc(Oc2ccc3nc(NC(=O)OC(C)(C)C)cn3n2)cc1CC(=O)c1ccc(CN2CCCCC2)cc1. The molecule has 9 nitrogen and oxygen atoms in total. The fourth-order valence-electron chi connectivity index (χ4n) is 4.86. The molecule has 0 aliphatic carbocycles. The first kappa shape index (κ1) is 30.7. The van der Waals surface area contributed by atoms with Crippen molar-refractivity contribution in [2.75, 3.05) is 18.4 Å². The number of nitrogens with one attached hydrogen (secondary N) is 1. The zero-order valence-electron chi connectivity index (χ0n) is 24.1. The highest BCUT2D eigenvalue weighted by molar-refractivity contribution is 5.97. The molecule has 1 aliphatic heterocycles. The van der Waals surface area contributed by atoms with Gasteiger partial charge in [0.25, 0.3) is 0 Å². The van der Waals surface area contributed by atoms with Gasteiger partial charge in [0.2, 0.25) is 5.88 Å². The summed E-state index contributed by atoms with van der Waals surface area (Å²) in [6.45, 7) is 10.6. The van der Waals surface area contributed by atoms with E-state index in [1.807, 2.05) is 37.3 Å². The highest BCUT2D eigenvalue weighted by Gasteiger charge is 2.18. The third kappa shape index (κ3) is 8.16. The van der Waals surface area contributed by atoms with Crippen LogP contribution in [0.3, 0.4) is 0 Å². The number of aromatic nitrogens is 3. The summed E-state index contributed by atoms with van der Waals surface area (Å²) in [5.41, 5.74) is 3.80. The number of hydrogen-bond acceptors (Lipinski definition) is 7. The van der Waals surface area contributed by atoms with Gasteiger partial charge in [-0.2, -0.15) is 0 Å². The van der Waals surface area contributed by atoms with Crippen molar-refractivity contribution in [1.82, 2.24) is 19.5 Å². The molecule has 1 amide bonds. The van der Waals surface area contributed by atoms with Gasteiger partial charge in [-0.05, 0) is 88.5 Å². The lowest BCUT2D eigenvalue weighted by atomic mass is 9.98. The molecular formula is C33H41N5O4. The van der Waals surface area contributed by atoms with Crippen LogP contribution in [0.1, 0.15) is 74.5 Å². The molecule has 0 saturated carbocycles.